The van der Waals surface area contributed by atoms with Gasteiger partial charge in [-0.2, -0.15) is 0 Å². The van der Waals surface area contributed by atoms with Crippen LogP contribution in [0, 0.1) is 0 Å². The molecular weight excluding hydrogens is 524 g/mol. The molecule has 1 amide bonds. The molecule has 0 bridgehead atoms. The molecule has 4 aromatic rings. The molecule has 0 saturated heterocycles. The van der Waals surface area contributed by atoms with Crippen LogP contribution in [0.4, 0.5) is 5.69 Å². The van der Waals surface area contributed by atoms with Crippen LogP contribution < -0.4 is 20.5 Å². The topological polar surface area (TPSA) is 93.8 Å². The van der Waals surface area contributed by atoms with Crippen molar-refractivity contribution < 1.29 is 19.4 Å². The predicted molar refractivity (Wildman–Crippen MR) is 172 cm³/mol. The van der Waals surface area contributed by atoms with Gasteiger partial charge in [-0.05, 0) is 72.1 Å². The maximum Gasteiger partial charge on any atom is 0.255 e. The molecule has 6 nitrogen and oxygen atoms in total. The quantitative estimate of drug-likeness (QED) is 0.118. The van der Waals surface area contributed by atoms with Crippen LogP contribution in [0.2, 0.25) is 0 Å². The SMILES string of the molecule is CCC(C)(C)c1ccc(OCCCNC(=O)c2cc(Oc3ccc(N)cc3)c3ccccc3c2O)c(C(C)(C)CC)c1. The minimum Gasteiger partial charge on any atom is -0.506 e. The summed E-state index contributed by atoms with van der Waals surface area (Å²) < 4.78 is 12.4. The van der Waals surface area contributed by atoms with Crippen molar-refractivity contribution in [2.75, 3.05) is 18.9 Å². The van der Waals surface area contributed by atoms with Crippen LogP contribution in [0.5, 0.6) is 23.0 Å². The average molecular weight is 569 g/mol. The molecule has 0 aliphatic heterocycles. The second-order valence-corrected chi connectivity index (χ2v) is 12.1. The van der Waals surface area contributed by atoms with E-state index in [-0.39, 0.29) is 28.1 Å². The van der Waals surface area contributed by atoms with E-state index in [1.54, 1.807) is 36.4 Å². The van der Waals surface area contributed by atoms with Crippen molar-refractivity contribution in [1.82, 2.24) is 5.32 Å². The number of nitrogens with two attached hydrogens (primary N) is 1. The number of ether oxygens (including phenoxy) is 2. The van der Waals surface area contributed by atoms with Crippen LogP contribution >= 0.6 is 0 Å². The summed E-state index contributed by atoms with van der Waals surface area (Å²) in [5.74, 6) is 1.49. The monoisotopic (exact) mass is 568 g/mol. The van der Waals surface area contributed by atoms with Crippen LogP contribution in [-0.4, -0.2) is 24.2 Å². The molecule has 0 aromatic heterocycles. The number of nitrogen functional groups attached to an aromatic ring is 1. The van der Waals surface area contributed by atoms with Gasteiger partial charge >= 0.3 is 0 Å². The van der Waals surface area contributed by atoms with Crippen molar-refractivity contribution in [3.63, 3.8) is 0 Å². The standard InChI is InChI=1S/C36H44N2O4/c1-7-35(3,4)24-14-19-31(30(22-24)36(5,6)8-2)41-21-11-20-38-34(40)29-23-32(42-26-17-15-25(37)16-18-26)27-12-9-10-13-28(27)33(29)39/h9-10,12-19,22-23,39H,7-8,11,20-21,37H2,1-6H3,(H,38,40). The largest absolute Gasteiger partial charge is 0.506 e. The Labute approximate surface area is 249 Å². The summed E-state index contributed by atoms with van der Waals surface area (Å²) in [4.78, 5) is 13.2. The van der Waals surface area contributed by atoms with Gasteiger partial charge in [-0.25, -0.2) is 0 Å². The van der Waals surface area contributed by atoms with Gasteiger partial charge < -0.3 is 25.6 Å². The zero-order valence-corrected chi connectivity index (χ0v) is 25.7. The summed E-state index contributed by atoms with van der Waals surface area (Å²) in [6, 6.07) is 22.5. The summed E-state index contributed by atoms with van der Waals surface area (Å²) in [5, 5.41) is 15.1. The number of fused-ring (bicyclic) bond motifs is 1. The van der Waals surface area contributed by atoms with Crippen molar-refractivity contribution in [2.45, 2.75) is 71.6 Å². The normalized spacial score (nSPS) is 11.9. The van der Waals surface area contributed by atoms with E-state index >= 15 is 0 Å². The lowest BCUT2D eigenvalue weighted by atomic mass is 9.76. The second-order valence-electron chi connectivity index (χ2n) is 12.1. The van der Waals surface area contributed by atoms with E-state index in [4.69, 9.17) is 15.2 Å². The van der Waals surface area contributed by atoms with E-state index in [0.29, 0.717) is 47.5 Å². The number of hydrogen-bond donors (Lipinski definition) is 3. The van der Waals surface area contributed by atoms with Crippen LogP contribution in [0.3, 0.4) is 0 Å². The van der Waals surface area contributed by atoms with Gasteiger partial charge in [0.05, 0.1) is 12.2 Å². The minimum atomic E-state index is -0.376. The summed E-state index contributed by atoms with van der Waals surface area (Å²) >= 11 is 0. The lowest BCUT2D eigenvalue weighted by molar-refractivity contribution is 0.0949. The molecule has 222 valence electrons. The second kappa shape index (κ2) is 12.8. The number of phenolic OH excluding ortho intramolecular Hbond substituents is 1. The first-order valence-corrected chi connectivity index (χ1v) is 14.8. The van der Waals surface area contributed by atoms with Gasteiger partial charge in [-0.1, -0.05) is 77.9 Å². The van der Waals surface area contributed by atoms with Crippen LogP contribution in [0.1, 0.15) is 82.3 Å². The molecule has 0 aliphatic carbocycles. The third-order valence-electron chi connectivity index (χ3n) is 8.45. The Morgan fingerprint density at radius 3 is 2.19 bits per heavy atom. The first kappa shape index (κ1) is 30.8. The molecule has 0 saturated carbocycles. The average Bonchev–Trinajstić information content (AvgIpc) is 2.99. The number of carbonyl (C=O) groups is 1. The number of phenols is 1. The number of hydrogen-bond acceptors (Lipinski definition) is 5. The lowest BCUT2D eigenvalue weighted by Crippen LogP contribution is -2.26. The molecule has 4 N–H and O–H groups in total. The molecule has 6 heteroatoms. The Hall–Kier alpha value is -4.19. The molecular formula is C36H44N2O4. The third kappa shape index (κ3) is 6.81. The van der Waals surface area contributed by atoms with Gasteiger partial charge in [0.1, 0.15) is 23.0 Å². The smallest absolute Gasteiger partial charge is 0.255 e. The van der Waals surface area contributed by atoms with Crippen LogP contribution in [0.25, 0.3) is 10.8 Å². The first-order valence-electron chi connectivity index (χ1n) is 14.8. The highest BCUT2D eigenvalue weighted by atomic mass is 16.5. The highest BCUT2D eigenvalue weighted by Gasteiger charge is 2.26. The maximum absolute atomic E-state index is 13.2. The van der Waals surface area contributed by atoms with Gasteiger partial charge in [0.25, 0.3) is 5.91 Å². The Morgan fingerprint density at radius 2 is 1.52 bits per heavy atom. The van der Waals surface area contributed by atoms with E-state index < -0.39 is 0 Å². The van der Waals surface area contributed by atoms with E-state index in [1.165, 1.54) is 11.1 Å². The summed E-state index contributed by atoms with van der Waals surface area (Å²) in [6.45, 7) is 14.3. The molecule has 0 unspecified atom stereocenters. The number of anilines is 1. The highest BCUT2D eigenvalue weighted by Crippen LogP contribution is 2.39. The van der Waals surface area contributed by atoms with Gasteiger partial charge in [0.15, 0.2) is 0 Å². The van der Waals surface area contributed by atoms with Crippen molar-refractivity contribution in [1.29, 1.82) is 0 Å². The molecule has 0 heterocycles. The van der Waals surface area contributed by atoms with Gasteiger partial charge in [-0.15, -0.1) is 0 Å². The first-order chi connectivity index (χ1) is 20.0. The molecule has 0 atom stereocenters. The van der Waals surface area contributed by atoms with E-state index in [0.717, 1.165) is 18.6 Å². The minimum absolute atomic E-state index is 0.0247. The predicted octanol–water partition coefficient (Wildman–Crippen LogP) is 8.49. The molecule has 0 spiro atoms. The highest BCUT2D eigenvalue weighted by molar-refractivity contribution is 6.05. The fourth-order valence-corrected chi connectivity index (χ4v) is 4.80. The number of aromatic hydroxyl groups is 1. The molecule has 0 fully saturated rings. The summed E-state index contributed by atoms with van der Waals surface area (Å²) in [6.07, 6.45) is 2.67. The van der Waals surface area contributed by atoms with E-state index in [2.05, 4.69) is 65.1 Å². The number of amides is 1. The Kier molecular flexibility index (Phi) is 9.35. The Morgan fingerprint density at radius 1 is 0.857 bits per heavy atom. The zero-order chi connectivity index (χ0) is 30.5. The zero-order valence-electron chi connectivity index (χ0n) is 25.7. The number of carbonyl (C=O) groups excluding carboxylic acids is 1. The Bertz CT molecular complexity index is 1540. The summed E-state index contributed by atoms with van der Waals surface area (Å²) in [5.41, 5.74) is 9.18. The van der Waals surface area contributed by atoms with E-state index in [9.17, 15) is 9.90 Å². The van der Waals surface area contributed by atoms with Gasteiger partial charge in [0.2, 0.25) is 0 Å². The van der Waals surface area contributed by atoms with Crippen LogP contribution in [0.15, 0.2) is 72.8 Å². The lowest BCUT2D eigenvalue weighted by Gasteiger charge is -2.30. The Balaban J connectivity index is 1.45. The van der Waals surface area contributed by atoms with Crippen molar-refractivity contribution in [2.24, 2.45) is 0 Å². The van der Waals surface area contributed by atoms with Crippen LogP contribution in [-0.2, 0) is 10.8 Å². The number of rotatable bonds is 12. The molecule has 4 rings (SSSR count). The van der Waals surface area contributed by atoms with Gasteiger partial charge in [0, 0.05) is 28.6 Å². The fraction of sp³-hybridized carbons (Fsp3) is 0.361. The van der Waals surface area contributed by atoms with E-state index in [1.807, 2.05) is 18.2 Å². The molecule has 0 aliphatic rings. The molecule has 4 aromatic carbocycles. The number of benzene rings is 4. The number of nitrogens with one attached hydrogen (secondary N) is 1. The summed E-state index contributed by atoms with van der Waals surface area (Å²) in [7, 11) is 0. The molecule has 0 radical (unpaired) electrons. The third-order valence-corrected chi connectivity index (χ3v) is 8.45. The van der Waals surface area contributed by atoms with Gasteiger partial charge in [-0.3, -0.25) is 4.79 Å². The fourth-order valence-electron chi connectivity index (χ4n) is 4.80. The maximum atomic E-state index is 13.2. The van der Waals surface area contributed by atoms with Crippen molar-refractivity contribution in [3.05, 3.63) is 89.5 Å². The molecule has 42 heavy (non-hydrogen) atoms. The van der Waals surface area contributed by atoms with Crippen molar-refractivity contribution >= 4 is 22.4 Å². The van der Waals surface area contributed by atoms with Crippen molar-refractivity contribution in [3.8, 4) is 23.0 Å².